The summed E-state index contributed by atoms with van der Waals surface area (Å²) in [4.78, 5) is 31.3. The van der Waals surface area contributed by atoms with Gasteiger partial charge < -0.3 is 25.4 Å². The number of para-hydroxylation sites is 1. The van der Waals surface area contributed by atoms with Crippen molar-refractivity contribution in [1.29, 1.82) is 0 Å². The molecule has 1 atom stereocenters. The molecule has 0 aliphatic heterocycles. The zero-order chi connectivity index (χ0) is 26.4. The molecule has 0 spiro atoms. The highest BCUT2D eigenvalue weighted by atomic mass is 35.5. The molecule has 190 valence electrons. The second-order valence-corrected chi connectivity index (χ2v) is 9.12. The number of ether oxygens (including phenoxy) is 1. The summed E-state index contributed by atoms with van der Waals surface area (Å²) < 4.78 is 5.60. The van der Waals surface area contributed by atoms with Crippen molar-refractivity contribution in [3.63, 3.8) is 0 Å². The van der Waals surface area contributed by atoms with Gasteiger partial charge in [-0.1, -0.05) is 41.9 Å². The number of rotatable bonds is 9. The van der Waals surface area contributed by atoms with E-state index in [0.717, 1.165) is 0 Å². The number of amides is 2. The Morgan fingerprint density at radius 2 is 1.81 bits per heavy atom. The Kier molecular flexibility index (Phi) is 8.22. The quantitative estimate of drug-likeness (QED) is 0.304. The van der Waals surface area contributed by atoms with E-state index in [1.54, 1.807) is 79.8 Å². The summed E-state index contributed by atoms with van der Waals surface area (Å²) in [5.41, 5.74) is 1.85. The Morgan fingerprint density at radius 1 is 1.03 bits per heavy atom. The van der Waals surface area contributed by atoms with Gasteiger partial charge in [-0.15, -0.1) is 0 Å². The number of aromatic nitrogens is 1. The van der Waals surface area contributed by atoms with Gasteiger partial charge in [-0.2, -0.15) is 0 Å². The smallest absolute Gasteiger partial charge is 0.258 e. The van der Waals surface area contributed by atoms with Crippen LogP contribution in [0.1, 0.15) is 17.2 Å². The normalized spacial score (nSPS) is 11.8. The number of phenols is 1. The number of carbonyl (C=O) groups is 2. The van der Waals surface area contributed by atoms with Gasteiger partial charge in [-0.25, -0.2) is 0 Å². The van der Waals surface area contributed by atoms with Crippen molar-refractivity contribution in [3.05, 3.63) is 95.1 Å². The fraction of sp³-hybridized carbons (Fsp3) is 0.179. The molecule has 0 radical (unpaired) electrons. The van der Waals surface area contributed by atoms with E-state index in [1.807, 2.05) is 18.2 Å². The lowest BCUT2D eigenvalue weighted by Crippen LogP contribution is -2.33. The fourth-order valence-corrected chi connectivity index (χ4v) is 4.19. The molecule has 0 bridgehead atoms. The van der Waals surface area contributed by atoms with Gasteiger partial charge in [0.15, 0.2) is 6.61 Å². The van der Waals surface area contributed by atoms with Crippen molar-refractivity contribution in [3.8, 4) is 11.5 Å². The number of halogens is 1. The Bertz CT molecular complexity index is 1410. The monoisotopic (exact) mass is 518 g/mol. The molecule has 1 unspecified atom stereocenters. The summed E-state index contributed by atoms with van der Waals surface area (Å²) in [7, 11) is 3.61. The second-order valence-electron chi connectivity index (χ2n) is 8.71. The third-order valence-corrected chi connectivity index (χ3v) is 5.85. The third-order valence-electron chi connectivity index (χ3n) is 5.54. The summed E-state index contributed by atoms with van der Waals surface area (Å²) in [5.74, 6) is -0.135. The highest BCUT2D eigenvalue weighted by Crippen LogP contribution is 2.38. The zero-order valence-corrected chi connectivity index (χ0v) is 21.2. The molecule has 37 heavy (non-hydrogen) atoms. The third kappa shape index (κ3) is 6.55. The number of phenolic OH excluding ortho intramolecular Hbond substituents is 1. The molecule has 4 aromatic rings. The molecule has 1 heterocycles. The van der Waals surface area contributed by atoms with E-state index in [2.05, 4.69) is 15.6 Å². The number of fused-ring (bicyclic) bond motifs is 1. The van der Waals surface area contributed by atoms with Crippen LogP contribution in [0.2, 0.25) is 5.02 Å². The predicted octanol–water partition coefficient (Wildman–Crippen LogP) is 4.38. The zero-order valence-electron chi connectivity index (χ0n) is 20.4. The molecular formula is C28H27ClN4O4. The first kappa shape index (κ1) is 25.9. The summed E-state index contributed by atoms with van der Waals surface area (Å²) in [5, 5.41) is 17.9. The standard InChI is InChI=1S/C28H27ClN4O4/c1-33(2)16-24(34)31-19-9-6-8-18(14-19)26(32-25(35)17-37-20-10-4-3-5-11-20)22-15-23(29)21-12-7-13-30-27(21)28(22)36/h3-15,26,36H,16-17H2,1-2H3,(H,31,34)(H,32,35). The Labute approximate surface area is 219 Å². The molecule has 3 aromatic carbocycles. The number of pyridine rings is 1. The molecule has 0 aliphatic carbocycles. The number of benzene rings is 3. The highest BCUT2D eigenvalue weighted by Gasteiger charge is 2.24. The van der Waals surface area contributed by atoms with Crippen LogP contribution in [-0.2, 0) is 9.59 Å². The molecule has 0 fully saturated rings. The van der Waals surface area contributed by atoms with Crippen LogP contribution in [0.5, 0.6) is 11.5 Å². The van der Waals surface area contributed by atoms with Gasteiger partial charge in [0.2, 0.25) is 5.91 Å². The largest absolute Gasteiger partial charge is 0.505 e. The van der Waals surface area contributed by atoms with Crippen LogP contribution >= 0.6 is 11.6 Å². The molecule has 8 nitrogen and oxygen atoms in total. The number of nitrogens with zero attached hydrogens (tertiary/aromatic N) is 2. The van der Waals surface area contributed by atoms with Crippen LogP contribution in [0.4, 0.5) is 5.69 Å². The number of hydrogen-bond donors (Lipinski definition) is 3. The van der Waals surface area contributed by atoms with Crippen LogP contribution in [0.25, 0.3) is 10.9 Å². The van der Waals surface area contributed by atoms with Gasteiger partial charge in [0, 0.05) is 22.8 Å². The molecular weight excluding hydrogens is 492 g/mol. The van der Waals surface area contributed by atoms with E-state index in [0.29, 0.717) is 38.5 Å². The minimum Gasteiger partial charge on any atom is -0.505 e. The Morgan fingerprint density at radius 3 is 2.57 bits per heavy atom. The fourth-order valence-electron chi connectivity index (χ4n) is 3.92. The first-order valence-corrected chi connectivity index (χ1v) is 12.0. The summed E-state index contributed by atoms with van der Waals surface area (Å²) >= 11 is 6.54. The van der Waals surface area contributed by atoms with Crippen molar-refractivity contribution in [2.75, 3.05) is 32.6 Å². The lowest BCUT2D eigenvalue weighted by molar-refractivity contribution is -0.123. The minimum absolute atomic E-state index is 0.101. The van der Waals surface area contributed by atoms with Crippen molar-refractivity contribution >= 4 is 40.0 Å². The second kappa shape index (κ2) is 11.7. The minimum atomic E-state index is -0.804. The van der Waals surface area contributed by atoms with Crippen molar-refractivity contribution in [2.45, 2.75) is 6.04 Å². The number of anilines is 1. The first-order chi connectivity index (χ1) is 17.8. The van der Waals surface area contributed by atoms with E-state index in [4.69, 9.17) is 16.3 Å². The molecule has 0 saturated heterocycles. The summed E-state index contributed by atoms with van der Waals surface area (Å²) in [6.07, 6.45) is 1.56. The molecule has 1 aromatic heterocycles. The molecule has 3 N–H and O–H groups in total. The predicted molar refractivity (Wildman–Crippen MR) is 144 cm³/mol. The van der Waals surface area contributed by atoms with Crippen LogP contribution in [-0.4, -0.2) is 54.1 Å². The summed E-state index contributed by atoms with van der Waals surface area (Å²) in [6.45, 7) is -0.0198. The maximum Gasteiger partial charge on any atom is 0.258 e. The SMILES string of the molecule is CN(C)CC(=O)Nc1cccc(C(NC(=O)COc2ccccc2)c2cc(Cl)c3cccnc3c2O)c1. The molecule has 2 amide bonds. The van der Waals surface area contributed by atoms with E-state index in [1.165, 1.54) is 0 Å². The summed E-state index contributed by atoms with van der Waals surface area (Å²) in [6, 6.07) is 20.3. The van der Waals surface area contributed by atoms with E-state index in [9.17, 15) is 14.7 Å². The van der Waals surface area contributed by atoms with Crippen molar-refractivity contribution in [1.82, 2.24) is 15.2 Å². The number of carbonyl (C=O) groups excluding carboxylic acids is 2. The van der Waals surface area contributed by atoms with E-state index < -0.39 is 11.9 Å². The first-order valence-electron chi connectivity index (χ1n) is 11.6. The van der Waals surface area contributed by atoms with Crippen LogP contribution in [0.15, 0.2) is 79.0 Å². The van der Waals surface area contributed by atoms with Crippen LogP contribution < -0.4 is 15.4 Å². The van der Waals surface area contributed by atoms with E-state index in [-0.39, 0.29) is 24.8 Å². The molecule has 9 heteroatoms. The Balaban J connectivity index is 1.68. The van der Waals surface area contributed by atoms with Gasteiger partial charge in [-0.05, 0) is 62.1 Å². The van der Waals surface area contributed by atoms with Gasteiger partial charge in [-0.3, -0.25) is 14.6 Å². The highest BCUT2D eigenvalue weighted by molar-refractivity contribution is 6.35. The number of likely N-dealkylation sites (N-methyl/N-ethyl adjacent to an activating group) is 1. The average molecular weight is 519 g/mol. The number of hydrogen-bond acceptors (Lipinski definition) is 6. The Hall–Kier alpha value is -4.14. The van der Waals surface area contributed by atoms with Gasteiger partial charge in [0.25, 0.3) is 5.91 Å². The molecule has 0 aliphatic rings. The van der Waals surface area contributed by atoms with Crippen molar-refractivity contribution in [2.24, 2.45) is 0 Å². The number of nitrogens with one attached hydrogen (secondary N) is 2. The molecule has 0 saturated carbocycles. The van der Waals surface area contributed by atoms with Crippen LogP contribution in [0, 0.1) is 0 Å². The van der Waals surface area contributed by atoms with E-state index >= 15 is 0 Å². The number of aromatic hydroxyl groups is 1. The lowest BCUT2D eigenvalue weighted by atomic mass is 9.95. The van der Waals surface area contributed by atoms with Gasteiger partial charge >= 0.3 is 0 Å². The average Bonchev–Trinajstić information content (AvgIpc) is 2.88. The van der Waals surface area contributed by atoms with Gasteiger partial charge in [0.1, 0.15) is 17.0 Å². The maximum absolute atomic E-state index is 13.0. The molecule has 4 rings (SSSR count). The van der Waals surface area contributed by atoms with Gasteiger partial charge in [0.05, 0.1) is 17.6 Å². The lowest BCUT2D eigenvalue weighted by Gasteiger charge is -2.23. The topological polar surface area (TPSA) is 104 Å². The maximum atomic E-state index is 13.0. The van der Waals surface area contributed by atoms with Crippen molar-refractivity contribution < 1.29 is 19.4 Å². The van der Waals surface area contributed by atoms with Crippen LogP contribution in [0.3, 0.4) is 0 Å².